The Morgan fingerprint density at radius 1 is 1.56 bits per heavy atom. The Morgan fingerprint density at radius 2 is 2.19 bits per heavy atom. The van der Waals surface area contributed by atoms with Gasteiger partial charge in [-0.3, -0.25) is 10.1 Å². The van der Waals surface area contributed by atoms with Crippen molar-refractivity contribution in [2.24, 2.45) is 0 Å². The third-order valence-corrected chi connectivity index (χ3v) is 3.45. The van der Waals surface area contributed by atoms with E-state index in [1.165, 1.54) is 6.07 Å². The van der Waals surface area contributed by atoms with Gasteiger partial charge in [0.1, 0.15) is 0 Å². The van der Waals surface area contributed by atoms with Gasteiger partial charge in [-0.15, -0.1) is 0 Å². The van der Waals surface area contributed by atoms with Crippen LogP contribution in [0.25, 0.3) is 0 Å². The molecule has 5 heteroatoms. The molecule has 0 saturated carbocycles. The normalized spacial score (nSPS) is 14.5. The molecule has 0 fully saturated rings. The Hall–Kier alpha value is -0.610. The van der Waals surface area contributed by atoms with Gasteiger partial charge in [-0.25, -0.2) is 0 Å². The van der Waals surface area contributed by atoms with E-state index in [0.717, 1.165) is 6.42 Å². The third-order valence-electron chi connectivity index (χ3n) is 2.58. The fraction of sp³-hybridized carbons (Fsp3) is 0.455. The van der Waals surface area contributed by atoms with Crippen LogP contribution in [0.4, 0.5) is 5.69 Å². The van der Waals surface area contributed by atoms with Crippen molar-refractivity contribution in [1.29, 1.82) is 0 Å². The predicted octanol–water partition coefficient (Wildman–Crippen LogP) is 4.53. The van der Waals surface area contributed by atoms with E-state index in [2.05, 4.69) is 15.9 Å². The summed E-state index contributed by atoms with van der Waals surface area (Å²) in [5.74, 6) is 0.0964. The zero-order valence-corrected chi connectivity index (χ0v) is 11.5. The van der Waals surface area contributed by atoms with Crippen LogP contribution in [0, 0.1) is 10.1 Å². The lowest BCUT2D eigenvalue weighted by molar-refractivity contribution is -0.385. The first-order chi connectivity index (χ1) is 7.47. The van der Waals surface area contributed by atoms with Gasteiger partial charge in [-0.2, -0.15) is 0 Å². The van der Waals surface area contributed by atoms with Gasteiger partial charge in [0.2, 0.25) is 0 Å². The predicted molar refractivity (Wildman–Crippen MR) is 69.5 cm³/mol. The molecule has 2 unspecified atom stereocenters. The fourth-order valence-electron chi connectivity index (χ4n) is 1.78. The molecular weight excluding hydrogens is 293 g/mol. The van der Waals surface area contributed by atoms with Crippen LogP contribution in [0.15, 0.2) is 18.2 Å². The SMILES string of the molecule is CCC(c1cc(Cl)ccc1[N+](=O)[O-])C(C)Br. The van der Waals surface area contributed by atoms with Crippen LogP contribution in [0.3, 0.4) is 0 Å². The summed E-state index contributed by atoms with van der Waals surface area (Å²) in [5.41, 5.74) is 0.840. The molecule has 3 nitrogen and oxygen atoms in total. The van der Waals surface area contributed by atoms with Crippen molar-refractivity contribution >= 4 is 33.2 Å². The van der Waals surface area contributed by atoms with E-state index in [-0.39, 0.29) is 21.4 Å². The summed E-state index contributed by atoms with van der Waals surface area (Å²) < 4.78 is 0. The maximum Gasteiger partial charge on any atom is 0.273 e. The van der Waals surface area contributed by atoms with Crippen molar-refractivity contribution in [3.05, 3.63) is 38.9 Å². The summed E-state index contributed by atoms with van der Waals surface area (Å²) in [6.07, 6.45) is 0.827. The summed E-state index contributed by atoms with van der Waals surface area (Å²) in [7, 11) is 0. The molecule has 0 aliphatic heterocycles. The van der Waals surface area contributed by atoms with Crippen LogP contribution in [-0.2, 0) is 0 Å². The maximum absolute atomic E-state index is 10.9. The van der Waals surface area contributed by atoms with Crippen molar-refractivity contribution < 1.29 is 4.92 Å². The number of nitrogens with zero attached hydrogens (tertiary/aromatic N) is 1. The van der Waals surface area contributed by atoms with E-state index in [1.807, 2.05) is 13.8 Å². The molecular formula is C11H13BrClNO2. The first-order valence-corrected chi connectivity index (χ1v) is 6.34. The summed E-state index contributed by atoms with van der Waals surface area (Å²) in [4.78, 5) is 10.7. The number of rotatable bonds is 4. The average Bonchev–Trinajstić information content (AvgIpc) is 2.17. The largest absolute Gasteiger partial charge is 0.273 e. The molecule has 16 heavy (non-hydrogen) atoms. The Kier molecular flexibility index (Phi) is 4.74. The highest BCUT2D eigenvalue weighted by atomic mass is 79.9. The molecule has 1 aromatic carbocycles. The van der Waals surface area contributed by atoms with Gasteiger partial charge in [0, 0.05) is 27.4 Å². The highest BCUT2D eigenvalue weighted by Gasteiger charge is 2.24. The Balaban J connectivity index is 3.27. The zero-order chi connectivity index (χ0) is 12.3. The first-order valence-electron chi connectivity index (χ1n) is 5.05. The number of halogens is 2. The minimum Gasteiger partial charge on any atom is -0.258 e. The van der Waals surface area contributed by atoms with Crippen LogP contribution < -0.4 is 0 Å². The van der Waals surface area contributed by atoms with Gasteiger partial charge < -0.3 is 0 Å². The number of nitro benzene ring substituents is 1. The van der Waals surface area contributed by atoms with Crippen molar-refractivity contribution in [1.82, 2.24) is 0 Å². The first kappa shape index (κ1) is 13.5. The highest BCUT2D eigenvalue weighted by molar-refractivity contribution is 9.09. The number of benzene rings is 1. The Bertz CT molecular complexity index is 396. The maximum atomic E-state index is 10.9. The van der Waals surface area contributed by atoms with Gasteiger partial charge in [0.05, 0.1) is 4.92 Å². The minimum atomic E-state index is -0.357. The quantitative estimate of drug-likeness (QED) is 0.466. The van der Waals surface area contributed by atoms with Gasteiger partial charge in [0.15, 0.2) is 0 Å². The van der Waals surface area contributed by atoms with E-state index in [0.29, 0.717) is 10.6 Å². The Labute approximate surface area is 108 Å². The number of alkyl halides is 1. The standard InChI is InChI=1S/C11H13BrClNO2/c1-3-9(7(2)12)10-6-8(13)4-5-11(10)14(15)16/h4-7,9H,3H2,1-2H3. The molecule has 0 aliphatic rings. The number of hydrogen-bond donors (Lipinski definition) is 0. The molecule has 0 N–H and O–H groups in total. The molecule has 1 aromatic rings. The van der Waals surface area contributed by atoms with Gasteiger partial charge >= 0.3 is 0 Å². The van der Waals surface area contributed by atoms with Crippen LogP contribution in [0.5, 0.6) is 0 Å². The van der Waals surface area contributed by atoms with Crippen LogP contribution in [0.2, 0.25) is 5.02 Å². The smallest absolute Gasteiger partial charge is 0.258 e. The molecule has 0 saturated heterocycles. The molecule has 0 heterocycles. The van der Waals surface area contributed by atoms with Crippen LogP contribution >= 0.6 is 27.5 Å². The molecule has 0 radical (unpaired) electrons. The van der Waals surface area contributed by atoms with Gasteiger partial charge in [0.25, 0.3) is 5.69 Å². The fourth-order valence-corrected chi connectivity index (χ4v) is 2.62. The summed E-state index contributed by atoms with van der Waals surface area (Å²) >= 11 is 9.37. The number of nitro groups is 1. The summed E-state index contributed by atoms with van der Waals surface area (Å²) in [5, 5.41) is 11.5. The topological polar surface area (TPSA) is 43.1 Å². The molecule has 1 rings (SSSR count). The van der Waals surface area contributed by atoms with E-state index < -0.39 is 0 Å². The van der Waals surface area contributed by atoms with Crippen molar-refractivity contribution in [3.8, 4) is 0 Å². The molecule has 0 aliphatic carbocycles. The molecule has 0 aromatic heterocycles. The second kappa shape index (κ2) is 5.64. The van der Waals surface area contributed by atoms with Gasteiger partial charge in [-0.05, 0) is 18.6 Å². The van der Waals surface area contributed by atoms with E-state index in [4.69, 9.17) is 11.6 Å². The second-order valence-electron chi connectivity index (χ2n) is 3.65. The van der Waals surface area contributed by atoms with Crippen molar-refractivity contribution in [3.63, 3.8) is 0 Å². The third kappa shape index (κ3) is 2.95. The molecule has 0 spiro atoms. The van der Waals surface area contributed by atoms with Crippen molar-refractivity contribution in [2.45, 2.75) is 31.0 Å². The van der Waals surface area contributed by atoms with E-state index in [9.17, 15) is 10.1 Å². The van der Waals surface area contributed by atoms with E-state index >= 15 is 0 Å². The van der Waals surface area contributed by atoms with Gasteiger partial charge in [-0.1, -0.05) is 41.4 Å². The van der Waals surface area contributed by atoms with Crippen LogP contribution in [0.1, 0.15) is 31.7 Å². The molecule has 0 amide bonds. The molecule has 88 valence electrons. The lowest BCUT2D eigenvalue weighted by Crippen LogP contribution is -2.10. The average molecular weight is 307 g/mol. The van der Waals surface area contributed by atoms with E-state index in [1.54, 1.807) is 12.1 Å². The monoisotopic (exact) mass is 305 g/mol. The lowest BCUT2D eigenvalue weighted by Gasteiger charge is -2.18. The zero-order valence-electron chi connectivity index (χ0n) is 9.11. The highest BCUT2D eigenvalue weighted by Crippen LogP contribution is 2.35. The Morgan fingerprint density at radius 3 is 2.62 bits per heavy atom. The summed E-state index contributed by atoms with van der Waals surface area (Å²) in [6, 6.07) is 4.70. The molecule has 0 bridgehead atoms. The number of hydrogen-bond acceptors (Lipinski definition) is 2. The minimum absolute atomic E-state index is 0.0964. The second-order valence-corrected chi connectivity index (χ2v) is 5.53. The van der Waals surface area contributed by atoms with Crippen molar-refractivity contribution in [2.75, 3.05) is 0 Å². The lowest BCUT2D eigenvalue weighted by atomic mass is 9.92. The molecule has 2 atom stereocenters. The van der Waals surface area contributed by atoms with Crippen LogP contribution in [-0.4, -0.2) is 9.75 Å². The summed E-state index contributed by atoms with van der Waals surface area (Å²) in [6.45, 7) is 3.99.